The van der Waals surface area contributed by atoms with E-state index < -0.39 is 6.04 Å². The third-order valence-electron chi connectivity index (χ3n) is 9.59. The van der Waals surface area contributed by atoms with Crippen molar-refractivity contribution in [2.45, 2.75) is 43.7 Å². The highest BCUT2D eigenvalue weighted by Gasteiger charge is 2.44. The molecular formula is C33H36N8O3. The first kappa shape index (κ1) is 28.2. The lowest BCUT2D eigenvalue weighted by Crippen LogP contribution is -2.51. The second-order valence-corrected chi connectivity index (χ2v) is 12.0. The lowest BCUT2D eigenvalue weighted by atomic mass is 9.71. The van der Waals surface area contributed by atoms with Crippen molar-refractivity contribution < 1.29 is 14.4 Å². The van der Waals surface area contributed by atoms with Crippen molar-refractivity contribution in [2.75, 3.05) is 43.9 Å². The molecule has 3 fully saturated rings. The van der Waals surface area contributed by atoms with E-state index in [4.69, 9.17) is 14.5 Å². The number of fused-ring (bicyclic) bond motifs is 4. The van der Waals surface area contributed by atoms with Crippen LogP contribution in [0.5, 0.6) is 0 Å². The summed E-state index contributed by atoms with van der Waals surface area (Å²) in [6.45, 7) is 9.20. The predicted octanol–water partition coefficient (Wildman–Crippen LogP) is 4.64. The van der Waals surface area contributed by atoms with Crippen LogP contribution in [-0.2, 0) is 5.41 Å². The molecule has 2 aromatic carbocycles. The van der Waals surface area contributed by atoms with Crippen molar-refractivity contribution in [1.29, 1.82) is 0 Å². The third-order valence-corrected chi connectivity index (χ3v) is 9.59. The van der Waals surface area contributed by atoms with E-state index in [0.29, 0.717) is 28.8 Å². The van der Waals surface area contributed by atoms with E-state index in [1.807, 2.05) is 49.4 Å². The van der Waals surface area contributed by atoms with E-state index in [9.17, 15) is 9.90 Å². The summed E-state index contributed by atoms with van der Waals surface area (Å²) in [5.74, 6) is 1.82. The Morgan fingerprint density at radius 2 is 1.82 bits per heavy atom. The summed E-state index contributed by atoms with van der Waals surface area (Å²) in [6.07, 6.45) is 4.72. The number of aliphatic hydroxyl groups excluding tert-OH is 1. The molecule has 3 N–H and O–H groups in total. The maximum Gasteiger partial charge on any atom is 0.263 e. The highest BCUT2D eigenvalue weighted by Crippen LogP contribution is 2.42. The summed E-state index contributed by atoms with van der Waals surface area (Å²) >= 11 is 0. The molecule has 1 unspecified atom stereocenters. The number of likely N-dealkylation sites (N-methyl/N-ethyl adjacent to an activating group) is 1. The fraction of sp³-hybridized carbons (Fsp3) is 0.364. The molecule has 2 atom stereocenters. The highest BCUT2D eigenvalue weighted by molar-refractivity contribution is 6.03. The second-order valence-electron chi connectivity index (χ2n) is 12.0. The number of piperidine rings is 3. The maximum absolute atomic E-state index is 12.8. The number of carbonyl (C=O) groups is 1. The number of anilines is 3. The van der Waals surface area contributed by atoms with Crippen LogP contribution in [0.2, 0.25) is 0 Å². The minimum Gasteiger partial charge on any atom is -0.394 e. The summed E-state index contributed by atoms with van der Waals surface area (Å²) < 4.78 is 5.85. The quantitative estimate of drug-likeness (QED) is 0.266. The third kappa shape index (κ3) is 4.91. The van der Waals surface area contributed by atoms with Crippen LogP contribution in [0, 0.1) is 0 Å². The average Bonchev–Trinajstić information content (AvgIpc) is 3.58. The van der Waals surface area contributed by atoms with Crippen LogP contribution in [0.1, 0.15) is 59.5 Å². The first-order chi connectivity index (χ1) is 21.3. The molecule has 4 aromatic rings. The molecule has 0 aliphatic carbocycles. The van der Waals surface area contributed by atoms with Crippen LogP contribution in [0.25, 0.3) is 17.0 Å². The molecule has 4 aliphatic rings. The van der Waals surface area contributed by atoms with Crippen LogP contribution in [0.4, 0.5) is 17.5 Å². The molecule has 44 heavy (non-hydrogen) atoms. The van der Waals surface area contributed by atoms with E-state index in [2.05, 4.69) is 32.3 Å². The number of nitrogens with zero attached hydrogens (tertiary/aromatic N) is 6. The Morgan fingerprint density at radius 1 is 1.07 bits per heavy atom. The SMILES string of the molecule is C=C1c2cc(Nc3ncc(-c4nc(C56CCN(CC5)CC6)no4)c(N[C@H](CO)c4ccccc4)n3)ccc2C(=O)N(C)C1C. The van der Waals surface area contributed by atoms with Gasteiger partial charge in [0.2, 0.25) is 5.95 Å². The van der Waals surface area contributed by atoms with Gasteiger partial charge < -0.3 is 30.1 Å². The molecular weight excluding hydrogens is 556 g/mol. The molecule has 2 aromatic heterocycles. The Balaban J connectivity index is 1.23. The number of carbonyl (C=O) groups excluding carboxylic acids is 1. The smallest absolute Gasteiger partial charge is 0.263 e. The molecule has 1 amide bonds. The Hall–Kier alpha value is -4.61. The Morgan fingerprint density at radius 3 is 2.55 bits per heavy atom. The molecule has 226 valence electrons. The van der Waals surface area contributed by atoms with Gasteiger partial charge in [0.15, 0.2) is 5.82 Å². The van der Waals surface area contributed by atoms with Gasteiger partial charge in [-0.1, -0.05) is 42.1 Å². The first-order valence-electron chi connectivity index (χ1n) is 15.1. The molecule has 2 bridgehead atoms. The van der Waals surface area contributed by atoms with E-state index in [0.717, 1.165) is 67.1 Å². The standard InChI is InChI=1S/C33H36N8O3/c1-20-21(2)40(3)30(43)24-10-9-23(17-25(20)24)35-32-34-18-26(28(37-32)36-27(19-42)22-7-5-4-6-8-22)29-38-31(39-44-29)33-11-14-41(15-12-33)16-13-33/h4-10,17-18,21,27,42H,1,11-16,19H2,2-3H3,(H2,34,35,36,37)/t21?,27-/m1/s1. The van der Waals surface area contributed by atoms with Crippen molar-refractivity contribution >= 4 is 28.9 Å². The number of amides is 1. The maximum atomic E-state index is 12.8. The largest absolute Gasteiger partial charge is 0.394 e. The van der Waals surface area contributed by atoms with Crippen molar-refractivity contribution in [3.05, 3.63) is 83.8 Å². The molecule has 0 spiro atoms. The summed E-state index contributed by atoms with van der Waals surface area (Å²) in [4.78, 5) is 31.3. The summed E-state index contributed by atoms with van der Waals surface area (Å²) in [5, 5.41) is 21.5. The summed E-state index contributed by atoms with van der Waals surface area (Å²) in [7, 11) is 1.79. The minimum atomic E-state index is -0.432. The van der Waals surface area contributed by atoms with Gasteiger partial charge in [0.05, 0.1) is 18.7 Å². The zero-order valence-corrected chi connectivity index (χ0v) is 25.0. The second kappa shape index (κ2) is 11.1. The number of aromatic nitrogens is 4. The fourth-order valence-corrected chi connectivity index (χ4v) is 6.53. The minimum absolute atomic E-state index is 0.0354. The lowest BCUT2D eigenvalue weighted by Gasteiger charge is -2.46. The van der Waals surface area contributed by atoms with Crippen LogP contribution >= 0.6 is 0 Å². The van der Waals surface area contributed by atoms with E-state index in [1.54, 1.807) is 24.2 Å². The van der Waals surface area contributed by atoms with Gasteiger partial charge in [-0.05, 0) is 80.7 Å². The normalized spacial score (nSPS) is 23.4. The van der Waals surface area contributed by atoms with Gasteiger partial charge in [0, 0.05) is 29.9 Å². The molecule has 0 radical (unpaired) electrons. The highest BCUT2D eigenvalue weighted by atomic mass is 16.5. The molecule has 11 heteroatoms. The van der Waals surface area contributed by atoms with Crippen molar-refractivity contribution in [1.82, 2.24) is 29.9 Å². The lowest BCUT2D eigenvalue weighted by molar-refractivity contribution is 0.0747. The first-order valence-corrected chi connectivity index (χ1v) is 15.1. The molecule has 3 saturated heterocycles. The van der Waals surface area contributed by atoms with Crippen LogP contribution in [0.3, 0.4) is 0 Å². The van der Waals surface area contributed by atoms with E-state index in [-0.39, 0.29) is 24.0 Å². The number of rotatable bonds is 8. The molecule has 0 saturated carbocycles. The van der Waals surface area contributed by atoms with Crippen molar-refractivity contribution in [2.24, 2.45) is 0 Å². The number of hydrogen-bond acceptors (Lipinski definition) is 10. The summed E-state index contributed by atoms with van der Waals surface area (Å²) in [6, 6.07) is 14.7. The summed E-state index contributed by atoms with van der Waals surface area (Å²) in [5.41, 5.74) is 4.40. The topological polar surface area (TPSA) is 133 Å². The number of hydrogen-bond donors (Lipinski definition) is 3. The zero-order chi connectivity index (χ0) is 30.4. The Labute approximate surface area is 256 Å². The van der Waals surface area contributed by atoms with Gasteiger partial charge in [0.1, 0.15) is 11.4 Å². The predicted molar refractivity (Wildman–Crippen MR) is 167 cm³/mol. The van der Waals surface area contributed by atoms with Crippen molar-refractivity contribution in [3.63, 3.8) is 0 Å². The van der Waals surface area contributed by atoms with Gasteiger partial charge in [-0.2, -0.15) is 9.97 Å². The van der Waals surface area contributed by atoms with Crippen molar-refractivity contribution in [3.8, 4) is 11.5 Å². The van der Waals surface area contributed by atoms with E-state index in [1.165, 1.54) is 0 Å². The molecule has 4 aliphatic heterocycles. The van der Waals surface area contributed by atoms with Gasteiger partial charge in [-0.25, -0.2) is 4.98 Å². The number of aliphatic hydroxyl groups is 1. The van der Waals surface area contributed by atoms with Gasteiger partial charge in [-0.15, -0.1) is 0 Å². The molecule has 8 rings (SSSR count). The number of benzene rings is 2. The van der Waals surface area contributed by atoms with Crippen LogP contribution in [0.15, 0.2) is 65.8 Å². The van der Waals surface area contributed by atoms with Gasteiger partial charge in [0.25, 0.3) is 11.8 Å². The van der Waals surface area contributed by atoms with E-state index >= 15 is 0 Å². The van der Waals surface area contributed by atoms with Gasteiger partial charge >= 0.3 is 0 Å². The molecule has 11 nitrogen and oxygen atoms in total. The zero-order valence-electron chi connectivity index (χ0n) is 25.0. The monoisotopic (exact) mass is 592 g/mol. The average molecular weight is 593 g/mol. The van der Waals surface area contributed by atoms with Gasteiger partial charge in [-0.3, -0.25) is 4.79 Å². The molecule has 6 heterocycles. The Bertz CT molecular complexity index is 1700. The Kier molecular flexibility index (Phi) is 7.14. The fourth-order valence-electron chi connectivity index (χ4n) is 6.53. The van der Waals surface area contributed by atoms with Crippen LogP contribution in [-0.4, -0.2) is 80.3 Å². The van der Waals surface area contributed by atoms with Crippen LogP contribution < -0.4 is 10.6 Å². The number of nitrogens with one attached hydrogen (secondary N) is 2.